The largest absolute Gasteiger partial charge is 0.0976 e. The Hall–Kier alpha value is 1.40. The van der Waals surface area contributed by atoms with Gasteiger partial charge in [0.05, 0.1) is 0 Å². The summed E-state index contributed by atoms with van der Waals surface area (Å²) >= 11 is 0. The van der Waals surface area contributed by atoms with Crippen molar-refractivity contribution in [3.05, 3.63) is 0 Å². The van der Waals surface area contributed by atoms with Crippen molar-refractivity contribution in [2.24, 2.45) is 0 Å². The lowest BCUT2D eigenvalue weighted by atomic mass is 10.6. The van der Waals surface area contributed by atoms with Gasteiger partial charge in [0.1, 0.15) is 0 Å². The second kappa shape index (κ2) is 7.51. The van der Waals surface area contributed by atoms with Crippen molar-refractivity contribution in [2.45, 2.75) is 12.2 Å². The standard InChI is InChI=1S/C5H12S4/c1-5(9-7-3)4-8-6-2/h5H,4H2,1-3H3. The minimum absolute atomic E-state index is 0.789. The lowest BCUT2D eigenvalue weighted by molar-refractivity contribution is 1.15. The Morgan fingerprint density at radius 3 is 2.33 bits per heavy atom. The molecule has 0 amide bonds. The predicted octanol–water partition coefficient (Wildman–Crippen LogP) is 3.40. The Bertz CT molecular complexity index is 56.9. The summed E-state index contributed by atoms with van der Waals surface area (Å²) in [6, 6.07) is 0. The third-order valence-corrected chi connectivity index (χ3v) is 5.13. The second-order valence-corrected chi connectivity index (χ2v) is 7.04. The van der Waals surface area contributed by atoms with Crippen molar-refractivity contribution >= 4 is 43.2 Å². The van der Waals surface area contributed by atoms with Crippen LogP contribution >= 0.6 is 43.2 Å². The van der Waals surface area contributed by atoms with E-state index in [1.54, 1.807) is 0 Å². The van der Waals surface area contributed by atoms with Crippen LogP contribution in [-0.4, -0.2) is 23.5 Å². The van der Waals surface area contributed by atoms with E-state index in [1.807, 2.05) is 43.2 Å². The van der Waals surface area contributed by atoms with E-state index in [9.17, 15) is 0 Å². The molecule has 0 aliphatic rings. The Labute approximate surface area is 73.5 Å². The molecule has 1 atom stereocenters. The van der Waals surface area contributed by atoms with Crippen LogP contribution in [0, 0.1) is 0 Å². The smallest absolute Gasteiger partial charge is 0.0222 e. The molecular weight excluding hydrogens is 188 g/mol. The lowest BCUT2D eigenvalue weighted by Crippen LogP contribution is -1.95. The Kier molecular flexibility index (Phi) is 8.67. The molecule has 56 valence electrons. The van der Waals surface area contributed by atoms with Gasteiger partial charge in [-0.25, -0.2) is 0 Å². The van der Waals surface area contributed by atoms with Gasteiger partial charge in [0.15, 0.2) is 0 Å². The van der Waals surface area contributed by atoms with Crippen molar-refractivity contribution in [3.63, 3.8) is 0 Å². The normalized spacial score (nSPS) is 13.7. The van der Waals surface area contributed by atoms with Gasteiger partial charge in [-0.1, -0.05) is 50.1 Å². The highest BCUT2D eigenvalue weighted by Crippen LogP contribution is 2.28. The fraction of sp³-hybridized carbons (Fsp3) is 1.00. The van der Waals surface area contributed by atoms with Gasteiger partial charge in [-0.05, 0) is 12.5 Å². The summed E-state index contributed by atoms with van der Waals surface area (Å²) in [6.45, 7) is 2.27. The first-order valence-corrected chi connectivity index (χ1v) is 8.01. The van der Waals surface area contributed by atoms with E-state index in [0.717, 1.165) is 5.25 Å². The highest BCUT2D eigenvalue weighted by molar-refractivity contribution is 8.78. The van der Waals surface area contributed by atoms with Crippen molar-refractivity contribution < 1.29 is 0 Å². The molecule has 0 N–H and O–H groups in total. The number of hydrogen-bond acceptors (Lipinski definition) is 4. The molecule has 0 spiro atoms. The summed E-state index contributed by atoms with van der Waals surface area (Å²) in [5, 5.41) is 0.789. The van der Waals surface area contributed by atoms with Crippen molar-refractivity contribution in [1.82, 2.24) is 0 Å². The maximum Gasteiger partial charge on any atom is 0.0222 e. The molecule has 0 radical (unpaired) electrons. The van der Waals surface area contributed by atoms with Crippen molar-refractivity contribution in [3.8, 4) is 0 Å². The van der Waals surface area contributed by atoms with Crippen LogP contribution in [0.5, 0.6) is 0 Å². The molecule has 0 aromatic rings. The third kappa shape index (κ3) is 7.30. The summed E-state index contributed by atoms with van der Waals surface area (Å²) in [4.78, 5) is 0. The van der Waals surface area contributed by atoms with E-state index in [0.29, 0.717) is 0 Å². The fourth-order valence-corrected chi connectivity index (χ4v) is 4.20. The molecule has 0 aromatic heterocycles. The van der Waals surface area contributed by atoms with Crippen LogP contribution < -0.4 is 0 Å². The van der Waals surface area contributed by atoms with Gasteiger partial charge in [0, 0.05) is 11.0 Å². The van der Waals surface area contributed by atoms with E-state index < -0.39 is 0 Å². The van der Waals surface area contributed by atoms with E-state index in [1.165, 1.54) is 5.75 Å². The molecular formula is C5H12S4. The summed E-state index contributed by atoms with van der Waals surface area (Å²) in [7, 11) is 7.60. The molecule has 0 nitrogen and oxygen atoms in total. The molecule has 0 aromatic carbocycles. The van der Waals surface area contributed by atoms with Crippen LogP contribution in [0.1, 0.15) is 6.92 Å². The van der Waals surface area contributed by atoms with Gasteiger partial charge in [0.2, 0.25) is 0 Å². The molecule has 0 saturated carbocycles. The molecule has 0 aliphatic heterocycles. The first-order valence-electron chi connectivity index (χ1n) is 2.66. The highest BCUT2D eigenvalue weighted by atomic mass is 33.1. The lowest BCUT2D eigenvalue weighted by Gasteiger charge is -2.05. The van der Waals surface area contributed by atoms with Crippen molar-refractivity contribution in [2.75, 3.05) is 18.3 Å². The maximum absolute atomic E-state index is 2.27. The molecule has 0 aliphatic carbocycles. The topological polar surface area (TPSA) is 0 Å². The molecule has 0 rings (SSSR count). The second-order valence-electron chi connectivity index (χ2n) is 1.52. The molecule has 1 unspecified atom stereocenters. The van der Waals surface area contributed by atoms with Crippen molar-refractivity contribution in [1.29, 1.82) is 0 Å². The average molecular weight is 200 g/mol. The molecule has 0 fully saturated rings. The van der Waals surface area contributed by atoms with Gasteiger partial charge in [0.25, 0.3) is 0 Å². The minimum Gasteiger partial charge on any atom is -0.0976 e. The van der Waals surface area contributed by atoms with E-state index in [2.05, 4.69) is 19.4 Å². The molecule has 0 heterocycles. The van der Waals surface area contributed by atoms with E-state index in [-0.39, 0.29) is 0 Å². The Morgan fingerprint density at radius 2 is 1.89 bits per heavy atom. The van der Waals surface area contributed by atoms with Crippen LogP contribution in [0.15, 0.2) is 0 Å². The molecule has 4 heteroatoms. The van der Waals surface area contributed by atoms with Gasteiger partial charge in [-0.2, -0.15) is 0 Å². The molecule has 9 heavy (non-hydrogen) atoms. The van der Waals surface area contributed by atoms with Gasteiger partial charge in [-0.3, -0.25) is 0 Å². The summed E-state index contributed by atoms with van der Waals surface area (Å²) in [5.41, 5.74) is 0. The van der Waals surface area contributed by atoms with E-state index >= 15 is 0 Å². The zero-order chi connectivity index (χ0) is 7.11. The van der Waals surface area contributed by atoms with Crippen LogP contribution in [0.4, 0.5) is 0 Å². The van der Waals surface area contributed by atoms with Crippen LogP contribution in [0.25, 0.3) is 0 Å². The first-order chi connectivity index (χ1) is 4.31. The average Bonchev–Trinajstić information content (AvgIpc) is 1.85. The van der Waals surface area contributed by atoms with Gasteiger partial charge >= 0.3 is 0 Å². The third-order valence-electron chi connectivity index (χ3n) is 0.681. The summed E-state index contributed by atoms with van der Waals surface area (Å²) < 4.78 is 0. The summed E-state index contributed by atoms with van der Waals surface area (Å²) in [5.74, 6) is 1.26. The van der Waals surface area contributed by atoms with Crippen LogP contribution in [-0.2, 0) is 0 Å². The SMILES string of the molecule is CSSCC(C)SSC. The fourth-order valence-electron chi connectivity index (χ4n) is 0.356. The number of rotatable bonds is 5. The number of hydrogen-bond donors (Lipinski definition) is 0. The monoisotopic (exact) mass is 200 g/mol. The maximum atomic E-state index is 2.27. The summed E-state index contributed by atoms with van der Waals surface area (Å²) in [6.07, 6.45) is 4.26. The van der Waals surface area contributed by atoms with Gasteiger partial charge in [-0.15, -0.1) is 0 Å². The molecule has 0 bridgehead atoms. The molecule has 0 saturated heterocycles. The predicted molar refractivity (Wildman–Crippen MR) is 56.5 cm³/mol. The van der Waals surface area contributed by atoms with Crippen LogP contribution in [0.3, 0.4) is 0 Å². The highest BCUT2D eigenvalue weighted by Gasteiger charge is 1.99. The zero-order valence-electron chi connectivity index (χ0n) is 5.92. The Balaban J connectivity index is 2.95. The Morgan fingerprint density at radius 1 is 1.22 bits per heavy atom. The minimum atomic E-state index is 0.789. The van der Waals surface area contributed by atoms with Crippen LogP contribution in [0.2, 0.25) is 0 Å². The quantitative estimate of drug-likeness (QED) is 0.624. The first kappa shape index (κ1) is 10.4. The zero-order valence-corrected chi connectivity index (χ0v) is 9.18. The van der Waals surface area contributed by atoms with E-state index in [4.69, 9.17) is 0 Å². The van der Waals surface area contributed by atoms with Gasteiger partial charge < -0.3 is 0 Å².